The maximum absolute atomic E-state index is 15.3. The van der Waals surface area contributed by atoms with Gasteiger partial charge in [-0.15, -0.1) is 0 Å². The van der Waals surface area contributed by atoms with Gasteiger partial charge in [-0.3, -0.25) is 0 Å². The molecular weight excluding hydrogens is 784 g/mol. The molecule has 0 heterocycles. The van der Waals surface area contributed by atoms with Gasteiger partial charge in [0.25, 0.3) is 0 Å². The van der Waals surface area contributed by atoms with E-state index in [0.29, 0.717) is 4.90 Å². The Morgan fingerprint density at radius 1 is 0.361 bits per heavy atom. The fourth-order valence-electron chi connectivity index (χ4n) is 10.1. The molecule has 0 aliphatic carbocycles. The second kappa shape index (κ2) is 37.7. The molecule has 0 bridgehead atoms. The molecule has 362 valence electrons. The van der Waals surface area contributed by atoms with Gasteiger partial charge in [-0.05, 0) is 0 Å². The Morgan fingerprint density at radius 2 is 0.656 bits per heavy atom. The van der Waals surface area contributed by atoms with E-state index in [4.69, 9.17) is 3.97 Å². The van der Waals surface area contributed by atoms with Crippen molar-refractivity contribution in [3.05, 3.63) is 28.8 Å². The van der Waals surface area contributed by atoms with Gasteiger partial charge in [0.1, 0.15) is 0 Å². The monoisotopic (exact) mass is 893 g/mol. The van der Waals surface area contributed by atoms with Gasteiger partial charge in [0.2, 0.25) is 0 Å². The van der Waals surface area contributed by atoms with Crippen molar-refractivity contribution >= 4 is 16.9 Å². The molecule has 1 rings (SSSR count). The van der Waals surface area contributed by atoms with Crippen LogP contribution in [0.3, 0.4) is 0 Å². The van der Waals surface area contributed by atoms with E-state index in [-0.39, 0.29) is 0 Å². The number of benzene rings is 1. The van der Waals surface area contributed by atoms with Crippen molar-refractivity contribution < 1.29 is 12.4 Å². The van der Waals surface area contributed by atoms with Crippen molar-refractivity contribution in [2.75, 3.05) is 24.6 Å². The van der Waals surface area contributed by atoms with Gasteiger partial charge >= 0.3 is 289 Å². The van der Waals surface area contributed by atoms with E-state index < -0.39 is 16.9 Å². The molecule has 0 amide bonds. The summed E-state index contributed by atoms with van der Waals surface area (Å²) in [4.78, 5) is 0.546. The summed E-state index contributed by atoms with van der Waals surface area (Å²) in [6, 6.07) is 4.29. The predicted octanol–water partition coefficient (Wildman–Crippen LogP) is 19.7. The van der Waals surface area contributed by atoms with Crippen molar-refractivity contribution in [1.29, 1.82) is 0 Å². The molecule has 0 spiro atoms. The van der Waals surface area contributed by atoms with Crippen molar-refractivity contribution in [2.45, 2.75) is 304 Å². The first-order valence-corrected chi connectivity index (χ1v) is 32.1. The van der Waals surface area contributed by atoms with Gasteiger partial charge in [0.15, 0.2) is 0 Å². The minimum atomic E-state index is -3.95. The Kier molecular flexibility index (Phi) is 36.2. The van der Waals surface area contributed by atoms with Crippen LogP contribution in [0.4, 0.5) is 0 Å². The van der Waals surface area contributed by atoms with Gasteiger partial charge < -0.3 is 0 Å². The van der Waals surface area contributed by atoms with Gasteiger partial charge in [0, 0.05) is 0 Å². The van der Waals surface area contributed by atoms with E-state index in [1.807, 2.05) is 6.07 Å². The predicted molar refractivity (Wildman–Crippen MR) is 278 cm³/mol. The number of hydrogen-bond acceptors (Lipinski definition) is 3. The molecule has 0 saturated heterocycles. The number of rotatable bonds is 46. The SMILES string of the molecule is CCCCCCCCCCCCc1ccc(S(=O)(=O)OP(CC)(CCCC)(CCCC)CCCC)c(CCCCCCCCCCCC)c1CCCCCCCCCCCC. The van der Waals surface area contributed by atoms with Crippen molar-refractivity contribution in [3.8, 4) is 0 Å². The molecule has 0 atom stereocenters. The number of unbranched alkanes of at least 4 members (excludes halogenated alkanes) is 30. The molecule has 0 N–H and O–H groups in total. The van der Waals surface area contributed by atoms with E-state index in [1.54, 1.807) is 0 Å². The van der Waals surface area contributed by atoms with Crippen LogP contribution in [0.15, 0.2) is 17.0 Å². The van der Waals surface area contributed by atoms with Gasteiger partial charge in [-0.1, -0.05) is 97.8 Å². The molecule has 0 fully saturated rings. The molecule has 0 aliphatic heterocycles. The van der Waals surface area contributed by atoms with Gasteiger partial charge in [-0.2, -0.15) is 0 Å². The van der Waals surface area contributed by atoms with Crippen LogP contribution < -0.4 is 0 Å². The smallest absolute Gasteiger partial charge is 0.0654 e. The molecule has 3 nitrogen and oxygen atoms in total. The first-order chi connectivity index (χ1) is 29.7. The Hall–Kier alpha value is -0.440. The first-order valence-electron chi connectivity index (χ1n) is 27.8. The van der Waals surface area contributed by atoms with Crippen LogP contribution in [0.2, 0.25) is 0 Å². The van der Waals surface area contributed by atoms with Crippen LogP contribution in [0, 0.1) is 0 Å². The summed E-state index contributed by atoms with van der Waals surface area (Å²) in [5.74, 6) is 0. The van der Waals surface area contributed by atoms with Crippen molar-refractivity contribution in [3.63, 3.8) is 0 Å². The third-order valence-corrected chi connectivity index (χ3v) is 23.8. The topological polar surface area (TPSA) is 43.4 Å². The Balaban J connectivity index is 3.49. The van der Waals surface area contributed by atoms with Crippen LogP contribution in [0.5, 0.6) is 0 Å². The zero-order valence-corrected chi connectivity index (χ0v) is 44.4. The molecule has 0 unspecified atom stereocenters. The Morgan fingerprint density at radius 3 is 0.984 bits per heavy atom. The van der Waals surface area contributed by atoms with E-state index >= 15 is 8.42 Å². The molecule has 5 heteroatoms. The minimum absolute atomic E-state index is 0.546. The van der Waals surface area contributed by atoms with Crippen LogP contribution in [0.1, 0.15) is 296 Å². The summed E-state index contributed by atoms with van der Waals surface area (Å²) in [6.45, 7) is 12.9. The molecule has 0 aromatic heterocycles. The third-order valence-electron chi connectivity index (χ3n) is 14.5. The molecule has 0 saturated carbocycles. The Bertz CT molecular complexity index is 1230. The van der Waals surface area contributed by atoms with Crippen LogP contribution in [-0.2, 0) is 33.4 Å². The van der Waals surface area contributed by atoms with E-state index in [9.17, 15) is 0 Å². The summed E-state index contributed by atoms with van der Waals surface area (Å²) in [5.41, 5.74) is 3.98. The average Bonchev–Trinajstić information content (AvgIpc) is 3.26. The standard InChI is InChI=1S/C56H109O3PS/c1-8-15-21-24-27-30-33-36-39-42-45-53-48-49-56(61(57,58)59-60(14-7,50-18-11-4,51-19-12-5)52-20-13-6)55(47-44-41-38-35-32-29-26-23-17-10-3)54(53)46-43-40-37-34-31-28-25-22-16-9-2/h48-49H,8-47,50-52H2,1-7H3. The minimum Gasteiger partial charge on any atom is -0.0654 e. The normalized spacial score (nSPS) is 12.9. The van der Waals surface area contributed by atoms with Crippen molar-refractivity contribution in [2.24, 2.45) is 0 Å². The molecular formula is C56H109O3PS. The van der Waals surface area contributed by atoms with Crippen molar-refractivity contribution in [1.82, 2.24) is 0 Å². The molecule has 0 radical (unpaired) electrons. The molecule has 0 aliphatic rings. The van der Waals surface area contributed by atoms with Gasteiger partial charge in [-0.25, -0.2) is 0 Å². The second-order valence-electron chi connectivity index (χ2n) is 19.9. The summed E-state index contributed by atoms with van der Waals surface area (Å²) < 4.78 is 37.7. The summed E-state index contributed by atoms with van der Waals surface area (Å²) in [5, 5.41) is 0. The number of aryl methyl sites for hydroxylation is 1. The molecule has 1 aromatic rings. The average molecular weight is 894 g/mol. The molecule has 1 aromatic carbocycles. The zero-order valence-electron chi connectivity index (χ0n) is 42.6. The van der Waals surface area contributed by atoms with E-state index in [0.717, 1.165) is 101 Å². The number of hydrogen-bond donors (Lipinski definition) is 0. The van der Waals surface area contributed by atoms with Crippen LogP contribution in [0.25, 0.3) is 0 Å². The summed E-state index contributed by atoms with van der Waals surface area (Å²) in [6.07, 6.45) is 52.8. The fourth-order valence-corrected chi connectivity index (χ4v) is 19.7. The van der Waals surface area contributed by atoms with E-state index in [1.165, 1.54) is 191 Å². The summed E-state index contributed by atoms with van der Waals surface area (Å²) >= 11 is 0. The fraction of sp³-hybridized carbons (Fsp3) is 0.893. The second-order valence-corrected chi connectivity index (χ2v) is 27.5. The quantitative estimate of drug-likeness (QED) is 0.0484. The van der Waals surface area contributed by atoms with Crippen LogP contribution in [-0.4, -0.2) is 33.1 Å². The maximum atomic E-state index is 15.3. The Labute approximate surface area is 384 Å². The van der Waals surface area contributed by atoms with Gasteiger partial charge in [0.05, 0.1) is 0 Å². The molecule has 61 heavy (non-hydrogen) atoms. The van der Waals surface area contributed by atoms with E-state index in [2.05, 4.69) is 54.5 Å². The summed E-state index contributed by atoms with van der Waals surface area (Å²) in [7, 11) is -3.95. The zero-order chi connectivity index (χ0) is 44.8. The first kappa shape index (κ1) is 58.6. The third kappa shape index (κ3) is 25.7. The van der Waals surface area contributed by atoms with Crippen LogP contribution >= 0.6 is 6.83 Å².